The van der Waals surface area contributed by atoms with E-state index in [4.69, 9.17) is 0 Å². The van der Waals surface area contributed by atoms with Crippen molar-refractivity contribution in [2.24, 2.45) is 0 Å². The van der Waals surface area contributed by atoms with E-state index in [9.17, 15) is 4.79 Å². The monoisotopic (exact) mass is 387 g/mol. The molecule has 1 aromatic heterocycles. The Kier molecular flexibility index (Phi) is 5.35. The zero-order valence-electron chi connectivity index (χ0n) is 15.6. The molecular formula is C23H21N3OS. The Morgan fingerprint density at radius 2 is 1.75 bits per heavy atom. The van der Waals surface area contributed by atoms with Gasteiger partial charge in [0.2, 0.25) is 0 Å². The van der Waals surface area contributed by atoms with Crippen molar-refractivity contribution < 1.29 is 4.79 Å². The minimum atomic E-state index is -0.0476. The van der Waals surface area contributed by atoms with E-state index in [0.717, 1.165) is 21.8 Å². The van der Waals surface area contributed by atoms with Gasteiger partial charge in [-0.25, -0.2) is 4.98 Å². The van der Waals surface area contributed by atoms with Crippen LogP contribution in [0.5, 0.6) is 0 Å². The van der Waals surface area contributed by atoms with Crippen LogP contribution >= 0.6 is 11.3 Å². The van der Waals surface area contributed by atoms with Gasteiger partial charge in [-0.05, 0) is 23.9 Å². The van der Waals surface area contributed by atoms with Crippen molar-refractivity contribution in [1.82, 2.24) is 9.88 Å². The molecular weight excluding hydrogens is 366 g/mol. The van der Waals surface area contributed by atoms with Gasteiger partial charge in [0.25, 0.3) is 5.91 Å². The zero-order chi connectivity index (χ0) is 19.3. The predicted octanol–water partition coefficient (Wildman–Crippen LogP) is 5.70. The second kappa shape index (κ2) is 8.23. The number of carbonyl (C=O) groups is 1. The third-order valence-electron chi connectivity index (χ3n) is 4.64. The summed E-state index contributed by atoms with van der Waals surface area (Å²) >= 11 is 1.45. The molecule has 0 atom stereocenters. The summed E-state index contributed by atoms with van der Waals surface area (Å²) in [6, 6.07) is 24.4. The van der Waals surface area contributed by atoms with E-state index in [1.54, 1.807) is 0 Å². The fourth-order valence-corrected chi connectivity index (χ4v) is 3.87. The van der Waals surface area contributed by atoms with Crippen LogP contribution in [0, 0.1) is 0 Å². The highest BCUT2D eigenvalue weighted by atomic mass is 32.1. The summed E-state index contributed by atoms with van der Waals surface area (Å²) in [6.07, 6.45) is 0. The fraction of sp³-hybridized carbons (Fsp3) is 0.130. The molecule has 0 bridgehead atoms. The molecule has 0 saturated carbocycles. The summed E-state index contributed by atoms with van der Waals surface area (Å²) in [5.74, 6) is -0.0476. The van der Waals surface area contributed by atoms with E-state index >= 15 is 0 Å². The number of thiazole rings is 1. The number of hydrogen-bond donors (Lipinski definition) is 1. The molecule has 1 heterocycles. The molecule has 0 radical (unpaired) electrons. The number of carbonyl (C=O) groups excluding carboxylic acids is 1. The Morgan fingerprint density at radius 3 is 2.57 bits per heavy atom. The van der Waals surface area contributed by atoms with Gasteiger partial charge in [-0.3, -0.25) is 4.79 Å². The van der Waals surface area contributed by atoms with Crippen LogP contribution in [0.3, 0.4) is 0 Å². The van der Waals surface area contributed by atoms with Crippen molar-refractivity contribution in [2.75, 3.05) is 11.9 Å². The van der Waals surface area contributed by atoms with Crippen LogP contribution in [-0.2, 0) is 6.54 Å². The Morgan fingerprint density at radius 1 is 1.00 bits per heavy atom. The quantitative estimate of drug-likeness (QED) is 0.461. The molecule has 0 unspecified atom stereocenters. The van der Waals surface area contributed by atoms with Gasteiger partial charge in [0, 0.05) is 29.5 Å². The summed E-state index contributed by atoms with van der Waals surface area (Å²) < 4.78 is 0. The molecule has 28 heavy (non-hydrogen) atoms. The Labute approximate surface area is 168 Å². The number of nitrogens with zero attached hydrogens (tertiary/aromatic N) is 2. The van der Waals surface area contributed by atoms with Crippen LogP contribution in [0.4, 0.5) is 10.8 Å². The average molecular weight is 388 g/mol. The highest BCUT2D eigenvalue weighted by Gasteiger charge is 2.18. The smallest absolute Gasteiger partial charge is 0.273 e. The molecule has 1 amide bonds. The number of aromatic nitrogens is 1. The van der Waals surface area contributed by atoms with E-state index in [0.29, 0.717) is 18.8 Å². The SMILES string of the molecule is CCN(Cc1ccccc1)C(=O)c1csc(Nc2cccc3ccccc23)n1. The molecule has 5 heteroatoms. The number of nitrogens with one attached hydrogen (secondary N) is 1. The first-order chi connectivity index (χ1) is 13.7. The first-order valence-corrected chi connectivity index (χ1v) is 10.2. The van der Waals surface area contributed by atoms with Crippen LogP contribution < -0.4 is 5.32 Å². The van der Waals surface area contributed by atoms with E-state index in [2.05, 4.69) is 28.5 Å². The number of rotatable bonds is 6. The maximum absolute atomic E-state index is 12.9. The molecule has 0 aliphatic heterocycles. The first kappa shape index (κ1) is 18.2. The van der Waals surface area contributed by atoms with Crippen LogP contribution in [-0.4, -0.2) is 22.3 Å². The van der Waals surface area contributed by atoms with Gasteiger partial charge < -0.3 is 10.2 Å². The Bertz CT molecular complexity index is 1090. The van der Waals surface area contributed by atoms with Crippen LogP contribution in [0.15, 0.2) is 78.2 Å². The molecule has 0 fully saturated rings. The lowest BCUT2D eigenvalue weighted by Gasteiger charge is -2.19. The second-order valence-corrected chi connectivity index (χ2v) is 7.35. The van der Waals surface area contributed by atoms with Crippen molar-refractivity contribution in [3.63, 3.8) is 0 Å². The molecule has 0 spiro atoms. The van der Waals surface area contributed by atoms with Gasteiger partial charge in [0.1, 0.15) is 5.69 Å². The summed E-state index contributed by atoms with van der Waals surface area (Å²) in [7, 11) is 0. The van der Waals surface area contributed by atoms with E-state index in [-0.39, 0.29) is 5.91 Å². The van der Waals surface area contributed by atoms with Crippen LogP contribution in [0.1, 0.15) is 23.0 Å². The molecule has 0 aliphatic rings. The van der Waals surface area contributed by atoms with Gasteiger partial charge in [-0.2, -0.15) is 0 Å². The zero-order valence-corrected chi connectivity index (χ0v) is 16.4. The first-order valence-electron chi connectivity index (χ1n) is 9.28. The standard InChI is InChI=1S/C23H21N3OS/c1-2-26(15-17-9-4-3-5-10-17)22(27)21-16-28-23(25-21)24-20-14-8-12-18-11-6-7-13-19(18)20/h3-14,16H,2,15H2,1H3,(H,24,25). The van der Waals surface area contributed by atoms with E-state index in [1.807, 2.05) is 71.8 Å². The molecule has 0 saturated heterocycles. The lowest BCUT2D eigenvalue weighted by atomic mass is 10.1. The second-order valence-electron chi connectivity index (χ2n) is 6.49. The largest absolute Gasteiger partial charge is 0.333 e. The van der Waals surface area contributed by atoms with Gasteiger partial charge >= 0.3 is 0 Å². The number of anilines is 2. The molecule has 140 valence electrons. The summed E-state index contributed by atoms with van der Waals surface area (Å²) in [5, 5.41) is 8.21. The Balaban J connectivity index is 1.52. The third kappa shape index (κ3) is 3.89. The van der Waals surface area contributed by atoms with Crippen molar-refractivity contribution in [2.45, 2.75) is 13.5 Å². The summed E-state index contributed by atoms with van der Waals surface area (Å²) in [5.41, 5.74) is 2.58. The van der Waals surface area contributed by atoms with Crippen molar-refractivity contribution in [1.29, 1.82) is 0 Å². The normalized spacial score (nSPS) is 10.8. The van der Waals surface area contributed by atoms with Crippen LogP contribution in [0.25, 0.3) is 10.8 Å². The fourth-order valence-electron chi connectivity index (χ4n) is 3.17. The molecule has 4 aromatic rings. The maximum Gasteiger partial charge on any atom is 0.273 e. The number of fused-ring (bicyclic) bond motifs is 1. The molecule has 0 aliphatic carbocycles. The molecule has 4 rings (SSSR count). The van der Waals surface area contributed by atoms with Gasteiger partial charge in [0.15, 0.2) is 5.13 Å². The lowest BCUT2D eigenvalue weighted by molar-refractivity contribution is 0.0747. The van der Waals surface area contributed by atoms with Crippen molar-refractivity contribution >= 4 is 38.8 Å². The number of hydrogen-bond acceptors (Lipinski definition) is 4. The van der Waals surface area contributed by atoms with Crippen LogP contribution in [0.2, 0.25) is 0 Å². The lowest BCUT2D eigenvalue weighted by Crippen LogP contribution is -2.30. The number of benzene rings is 3. The topological polar surface area (TPSA) is 45.2 Å². The van der Waals surface area contributed by atoms with E-state index in [1.165, 1.54) is 16.7 Å². The van der Waals surface area contributed by atoms with Crippen molar-refractivity contribution in [3.05, 3.63) is 89.4 Å². The molecule has 3 aromatic carbocycles. The Hall–Kier alpha value is -3.18. The van der Waals surface area contributed by atoms with Gasteiger partial charge in [0.05, 0.1) is 0 Å². The van der Waals surface area contributed by atoms with Crippen molar-refractivity contribution in [3.8, 4) is 0 Å². The number of amides is 1. The minimum Gasteiger partial charge on any atom is -0.333 e. The highest BCUT2D eigenvalue weighted by Crippen LogP contribution is 2.28. The third-order valence-corrected chi connectivity index (χ3v) is 5.40. The summed E-state index contributed by atoms with van der Waals surface area (Å²) in [4.78, 5) is 19.3. The summed E-state index contributed by atoms with van der Waals surface area (Å²) in [6.45, 7) is 3.21. The molecule has 4 nitrogen and oxygen atoms in total. The average Bonchev–Trinajstić information content (AvgIpc) is 3.21. The van der Waals surface area contributed by atoms with Gasteiger partial charge in [-0.1, -0.05) is 66.7 Å². The maximum atomic E-state index is 12.9. The van der Waals surface area contributed by atoms with E-state index < -0.39 is 0 Å². The minimum absolute atomic E-state index is 0.0476. The van der Waals surface area contributed by atoms with Gasteiger partial charge in [-0.15, -0.1) is 11.3 Å². The molecule has 1 N–H and O–H groups in total. The predicted molar refractivity (Wildman–Crippen MR) is 116 cm³/mol. The highest BCUT2D eigenvalue weighted by molar-refractivity contribution is 7.14.